The number of thiazole rings is 1. The van der Waals surface area contributed by atoms with Gasteiger partial charge in [0.2, 0.25) is 5.13 Å². The molecule has 1 fully saturated rings. The standard InChI is InChI=1S/C22H20ClF3N4O4S2/c1-21(13-29(14-21)12-15-5-3-2-4-6-15)28-18-8-7-16(11-17(18)23)36(32,33)30(20-27-9-10-35-20)34-19(31)22(24,25)26/h2-11,28H,12-14H2,1H3. The fourth-order valence-corrected chi connectivity index (χ4v) is 6.10. The van der Waals surface area contributed by atoms with Crippen molar-refractivity contribution >= 4 is 49.7 Å². The van der Waals surface area contributed by atoms with Gasteiger partial charge in [-0.1, -0.05) is 46.4 Å². The number of nitrogens with zero attached hydrogens (tertiary/aromatic N) is 3. The summed E-state index contributed by atoms with van der Waals surface area (Å²) in [5.41, 5.74) is 1.31. The molecule has 0 radical (unpaired) electrons. The highest BCUT2D eigenvalue weighted by atomic mass is 35.5. The van der Waals surface area contributed by atoms with Crippen LogP contribution in [-0.2, 0) is 26.2 Å². The molecule has 0 saturated carbocycles. The summed E-state index contributed by atoms with van der Waals surface area (Å²) < 4.78 is 64.3. The number of benzene rings is 2. The number of hydrogen-bond donors (Lipinski definition) is 1. The lowest BCUT2D eigenvalue weighted by atomic mass is 9.91. The summed E-state index contributed by atoms with van der Waals surface area (Å²) in [6.45, 7) is 4.20. The summed E-state index contributed by atoms with van der Waals surface area (Å²) >= 11 is 7.01. The zero-order valence-electron chi connectivity index (χ0n) is 18.7. The van der Waals surface area contributed by atoms with Crippen LogP contribution < -0.4 is 9.79 Å². The number of hydrogen-bond acceptors (Lipinski definition) is 8. The number of aromatic nitrogens is 1. The van der Waals surface area contributed by atoms with Gasteiger partial charge in [0, 0.05) is 31.2 Å². The molecule has 0 amide bonds. The van der Waals surface area contributed by atoms with Crippen LogP contribution in [0.25, 0.3) is 0 Å². The molecule has 1 aromatic heterocycles. The van der Waals surface area contributed by atoms with E-state index in [9.17, 15) is 26.4 Å². The lowest BCUT2D eigenvalue weighted by molar-refractivity contribution is -0.199. The second-order valence-electron chi connectivity index (χ2n) is 8.38. The molecule has 1 aliphatic heterocycles. The number of alkyl halides is 3. The van der Waals surface area contributed by atoms with Crippen molar-refractivity contribution in [1.29, 1.82) is 0 Å². The highest BCUT2D eigenvalue weighted by Gasteiger charge is 2.45. The van der Waals surface area contributed by atoms with Crippen LogP contribution in [0, 0.1) is 0 Å². The van der Waals surface area contributed by atoms with Crippen LogP contribution in [0.3, 0.4) is 0 Å². The first-order chi connectivity index (χ1) is 16.9. The van der Waals surface area contributed by atoms with Crippen molar-refractivity contribution in [3.05, 3.63) is 70.7 Å². The van der Waals surface area contributed by atoms with Crippen molar-refractivity contribution in [1.82, 2.24) is 9.88 Å². The van der Waals surface area contributed by atoms with Crippen LogP contribution >= 0.6 is 22.9 Å². The number of nitrogens with one attached hydrogen (secondary N) is 1. The van der Waals surface area contributed by atoms with Crippen molar-refractivity contribution in [2.24, 2.45) is 0 Å². The number of likely N-dealkylation sites (tertiary alicyclic amines) is 1. The van der Waals surface area contributed by atoms with Crippen LogP contribution in [0.15, 0.2) is 65.0 Å². The molecule has 0 spiro atoms. The minimum Gasteiger partial charge on any atom is -0.376 e. The molecule has 1 saturated heterocycles. The number of carbonyl (C=O) groups is 1. The van der Waals surface area contributed by atoms with Gasteiger partial charge in [0.15, 0.2) is 0 Å². The van der Waals surface area contributed by atoms with E-state index in [0.29, 0.717) is 30.1 Å². The maximum atomic E-state index is 13.1. The highest BCUT2D eigenvalue weighted by Crippen LogP contribution is 2.34. The summed E-state index contributed by atoms with van der Waals surface area (Å²) in [6, 6.07) is 13.6. The highest BCUT2D eigenvalue weighted by molar-refractivity contribution is 7.92. The minimum atomic E-state index is -5.41. The Bertz CT molecular complexity index is 1330. The topological polar surface area (TPSA) is 91.8 Å². The number of rotatable bonds is 8. The number of anilines is 2. The molecule has 0 aliphatic carbocycles. The van der Waals surface area contributed by atoms with Crippen molar-refractivity contribution in [2.75, 3.05) is 22.9 Å². The van der Waals surface area contributed by atoms with Gasteiger partial charge in [-0.2, -0.15) is 21.6 Å². The first kappa shape index (κ1) is 26.2. The van der Waals surface area contributed by atoms with Gasteiger partial charge in [-0.3, -0.25) is 4.90 Å². The third-order valence-corrected chi connectivity index (χ3v) is 7.96. The fraction of sp³-hybridized carbons (Fsp3) is 0.273. The summed E-state index contributed by atoms with van der Waals surface area (Å²) in [4.78, 5) is 21.0. The lowest BCUT2D eigenvalue weighted by Gasteiger charge is -2.49. The molecule has 0 unspecified atom stereocenters. The van der Waals surface area contributed by atoms with Crippen LogP contribution in [0.4, 0.5) is 24.0 Å². The molecule has 1 N–H and O–H groups in total. The zero-order chi connectivity index (χ0) is 26.1. The SMILES string of the molecule is CC1(Nc2ccc(S(=O)(=O)N(OC(=O)C(F)(F)F)c3nccs3)cc2Cl)CN(Cc2ccccc2)C1. The van der Waals surface area contributed by atoms with Crippen LogP contribution in [0.2, 0.25) is 5.02 Å². The molecule has 1 aliphatic rings. The third kappa shape index (κ3) is 5.75. The summed E-state index contributed by atoms with van der Waals surface area (Å²) in [5.74, 6) is -2.70. The average molecular weight is 561 g/mol. The van der Waals surface area contributed by atoms with E-state index in [4.69, 9.17) is 11.6 Å². The first-order valence-electron chi connectivity index (χ1n) is 10.5. The average Bonchev–Trinajstić information content (AvgIpc) is 3.32. The van der Waals surface area contributed by atoms with E-state index >= 15 is 0 Å². The molecule has 0 bridgehead atoms. The maximum absolute atomic E-state index is 13.1. The Kier molecular flexibility index (Phi) is 7.19. The van der Waals surface area contributed by atoms with Crippen molar-refractivity contribution in [3.8, 4) is 0 Å². The largest absolute Gasteiger partial charge is 0.493 e. The van der Waals surface area contributed by atoms with Gasteiger partial charge in [-0.05, 0) is 30.7 Å². The van der Waals surface area contributed by atoms with Gasteiger partial charge < -0.3 is 10.2 Å². The summed E-state index contributed by atoms with van der Waals surface area (Å²) in [7, 11) is -4.78. The van der Waals surface area contributed by atoms with E-state index in [-0.39, 0.29) is 15.0 Å². The molecular formula is C22H20ClF3N4O4S2. The number of sulfonamides is 1. The molecule has 36 heavy (non-hydrogen) atoms. The minimum absolute atomic E-state index is 0.0278. The Hall–Kier alpha value is -2.87. The van der Waals surface area contributed by atoms with E-state index in [2.05, 4.69) is 20.0 Å². The zero-order valence-corrected chi connectivity index (χ0v) is 21.1. The molecule has 8 nitrogen and oxygen atoms in total. The molecule has 192 valence electrons. The lowest BCUT2D eigenvalue weighted by Crippen LogP contribution is -2.63. The Morgan fingerprint density at radius 3 is 2.53 bits per heavy atom. The maximum Gasteiger partial charge on any atom is 0.493 e. The quantitative estimate of drug-likeness (QED) is 0.399. The first-order valence-corrected chi connectivity index (χ1v) is 13.2. The van der Waals surface area contributed by atoms with Crippen molar-refractivity contribution < 1.29 is 31.2 Å². The fourth-order valence-electron chi connectivity index (χ4n) is 3.78. The van der Waals surface area contributed by atoms with Crippen LogP contribution in [-0.4, -0.2) is 49.1 Å². The molecule has 2 heterocycles. The van der Waals surface area contributed by atoms with Crippen molar-refractivity contribution in [2.45, 2.75) is 30.1 Å². The van der Waals surface area contributed by atoms with Crippen LogP contribution in [0.1, 0.15) is 12.5 Å². The van der Waals surface area contributed by atoms with Crippen molar-refractivity contribution in [3.63, 3.8) is 0 Å². The molecule has 0 atom stereocenters. The van der Waals surface area contributed by atoms with E-state index in [1.165, 1.54) is 17.0 Å². The van der Waals surface area contributed by atoms with Crippen LogP contribution in [0.5, 0.6) is 0 Å². The Morgan fingerprint density at radius 1 is 1.25 bits per heavy atom. The van der Waals surface area contributed by atoms with Gasteiger partial charge in [0.05, 0.1) is 21.1 Å². The third-order valence-electron chi connectivity index (χ3n) is 5.26. The van der Waals surface area contributed by atoms with E-state index < -0.39 is 32.2 Å². The Balaban J connectivity index is 1.49. The van der Waals surface area contributed by atoms with Gasteiger partial charge >= 0.3 is 12.1 Å². The molecular weight excluding hydrogens is 541 g/mol. The molecule has 2 aromatic carbocycles. The predicted octanol–water partition coefficient (Wildman–Crippen LogP) is 4.70. The van der Waals surface area contributed by atoms with Gasteiger partial charge in [-0.25, -0.2) is 9.78 Å². The molecule has 4 rings (SSSR count). The summed E-state index contributed by atoms with van der Waals surface area (Å²) in [5, 5.41) is 4.17. The smallest absolute Gasteiger partial charge is 0.376 e. The van der Waals surface area contributed by atoms with Gasteiger partial charge in [0.1, 0.15) is 0 Å². The summed E-state index contributed by atoms with van der Waals surface area (Å²) in [6.07, 6.45) is -4.26. The second-order valence-corrected chi connectivity index (χ2v) is 11.4. The number of carbonyl (C=O) groups excluding carboxylic acids is 1. The molecule has 14 heteroatoms. The Labute approximate surface area is 214 Å². The second kappa shape index (κ2) is 9.88. The van der Waals surface area contributed by atoms with E-state index in [1.54, 1.807) is 0 Å². The normalized spacial score (nSPS) is 15.7. The predicted molar refractivity (Wildman–Crippen MR) is 129 cm³/mol. The van der Waals surface area contributed by atoms with E-state index in [1.807, 2.05) is 37.3 Å². The number of halogens is 4. The molecule has 3 aromatic rings. The van der Waals surface area contributed by atoms with Gasteiger partial charge in [-0.15, -0.1) is 11.3 Å². The van der Waals surface area contributed by atoms with E-state index in [0.717, 1.165) is 24.9 Å². The Morgan fingerprint density at radius 2 is 1.94 bits per heavy atom. The monoisotopic (exact) mass is 560 g/mol. The van der Waals surface area contributed by atoms with Gasteiger partial charge in [0.25, 0.3) is 10.0 Å².